The van der Waals surface area contributed by atoms with Crippen molar-refractivity contribution >= 4 is 0 Å². The van der Waals surface area contributed by atoms with Crippen LogP contribution in [0.5, 0.6) is 0 Å². The first-order chi connectivity index (χ1) is 14.8. The number of allylic oxidation sites excluding steroid dienone is 2. The Bertz CT molecular complexity index is 981. The molecule has 1 aromatic rings. The number of fused-ring (bicyclic) bond motifs is 3. The van der Waals surface area contributed by atoms with Gasteiger partial charge in [0.05, 0.1) is 11.8 Å². The third-order valence-electron chi connectivity index (χ3n) is 11.6. The molecule has 0 aromatic carbocycles. The monoisotopic (exact) mass is 417 g/mol. The SMILES string of the molecule is C[C@@H]1CCC2=C3C[C@H]4[C@@H]5CC[C@H]([C@H](C)Cn6cc(C#N)cn6)[C@@]5(C)CC[C@@]34[C@@]2(C)CC1. The molecule has 0 saturated heterocycles. The zero-order valence-corrected chi connectivity index (χ0v) is 20.0. The van der Waals surface area contributed by atoms with E-state index in [0.29, 0.717) is 27.7 Å². The standard InChI is InChI=1S/C28H39N3/c1-18-5-6-23-25-13-24-22-8-7-21(19(2)16-31-17-20(14-29)15-30-31)26(22,3)11-12-28(24,25)27(23,4)10-9-18/h15,17-19,21-22,24H,5-13,16H2,1-4H3/t18-,19-,21-,22+,24+,26-,27+,28+/m1/s1. The topological polar surface area (TPSA) is 41.6 Å². The Morgan fingerprint density at radius 2 is 1.97 bits per heavy atom. The van der Waals surface area contributed by atoms with Crippen molar-refractivity contribution in [1.82, 2.24) is 9.78 Å². The molecular weight excluding hydrogens is 378 g/mol. The van der Waals surface area contributed by atoms with E-state index in [2.05, 4.69) is 38.9 Å². The lowest BCUT2D eigenvalue weighted by atomic mass is 9.28. The maximum Gasteiger partial charge on any atom is 0.102 e. The summed E-state index contributed by atoms with van der Waals surface area (Å²) in [6.07, 6.45) is 16.5. The van der Waals surface area contributed by atoms with Crippen LogP contribution in [0.2, 0.25) is 0 Å². The van der Waals surface area contributed by atoms with Crippen molar-refractivity contribution in [2.24, 2.45) is 45.8 Å². The highest BCUT2D eigenvalue weighted by molar-refractivity contribution is 5.52. The van der Waals surface area contributed by atoms with Crippen LogP contribution in [-0.2, 0) is 6.54 Å². The van der Waals surface area contributed by atoms with E-state index in [9.17, 15) is 0 Å². The molecule has 3 heteroatoms. The van der Waals surface area contributed by atoms with Gasteiger partial charge in [0.25, 0.3) is 0 Å². The molecule has 0 radical (unpaired) electrons. The number of nitriles is 1. The number of rotatable bonds is 3. The molecular formula is C28H39N3. The van der Waals surface area contributed by atoms with Crippen LogP contribution in [0.15, 0.2) is 23.5 Å². The third kappa shape index (κ3) is 2.38. The van der Waals surface area contributed by atoms with Gasteiger partial charge in [-0.05, 0) is 98.2 Å². The summed E-state index contributed by atoms with van der Waals surface area (Å²) in [5.41, 5.74) is 6.18. The van der Waals surface area contributed by atoms with Crippen LogP contribution in [0.3, 0.4) is 0 Å². The van der Waals surface area contributed by atoms with Crippen molar-refractivity contribution in [3.05, 3.63) is 29.1 Å². The minimum absolute atomic E-state index is 0.496. The summed E-state index contributed by atoms with van der Waals surface area (Å²) in [7, 11) is 0. The van der Waals surface area contributed by atoms with Gasteiger partial charge in [-0.15, -0.1) is 0 Å². The van der Waals surface area contributed by atoms with Gasteiger partial charge < -0.3 is 0 Å². The Kier molecular flexibility index (Phi) is 4.20. The Hall–Kier alpha value is -1.56. The van der Waals surface area contributed by atoms with Gasteiger partial charge in [-0.3, -0.25) is 4.68 Å². The minimum atomic E-state index is 0.496. The smallest absolute Gasteiger partial charge is 0.102 e. The van der Waals surface area contributed by atoms with Crippen molar-refractivity contribution in [2.45, 2.75) is 92.0 Å². The molecule has 166 valence electrons. The Balaban J connectivity index is 1.24. The third-order valence-corrected chi connectivity index (χ3v) is 11.6. The first-order valence-corrected chi connectivity index (χ1v) is 13.0. The zero-order chi connectivity index (χ0) is 21.6. The van der Waals surface area contributed by atoms with Crippen molar-refractivity contribution in [3.8, 4) is 6.07 Å². The second-order valence-electron chi connectivity index (χ2n) is 12.6. The minimum Gasteiger partial charge on any atom is -0.271 e. The fraction of sp³-hybridized carbons (Fsp3) is 0.786. The van der Waals surface area contributed by atoms with E-state index in [-0.39, 0.29) is 0 Å². The van der Waals surface area contributed by atoms with Gasteiger partial charge in [0.2, 0.25) is 0 Å². The summed E-state index contributed by atoms with van der Waals surface area (Å²) >= 11 is 0. The van der Waals surface area contributed by atoms with E-state index in [4.69, 9.17) is 5.26 Å². The van der Waals surface area contributed by atoms with E-state index in [0.717, 1.165) is 30.2 Å². The van der Waals surface area contributed by atoms with Crippen LogP contribution < -0.4 is 0 Å². The van der Waals surface area contributed by atoms with E-state index in [1.54, 1.807) is 6.20 Å². The highest BCUT2D eigenvalue weighted by atomic mass is 15.3. The average molecular weight is 418 g/mol. The van der Waals surface area contributed by atoms with Crippen molar-refractivity contribution in [3.63, 3.8) is 0 Å². The highest BCUT2D eigenvalue weighted by Gasteiger charge is 2.75. The number of hydrogen-bond donors (Lipinski definition) is 0. The van der Waals surface area contributed by atoms with Gasteiger partial charge in [0.15, 0.2) is 0 Å². The zero-order valence-electron chi connectivity index (χ0n) is 20.0. The fourth-order valence-corrected chi connectivity index (χ4v) is 9.98. The Labute approximate surface area is 188 Å². The van der Waals surface area contributed by atoms with Crippen molar-refractivity contribution < 1.29 is 0 Å². The van der Waals surface area contributed by atoms with Crippen LogP contribution in [-0.4, -0.2) is 9.78 Å². The largest absolute Gasteiger partial charge is 0.271 e. The van der Waals surface area contributed by atoms with Gasteiger partial charge >= 0.3 is 0 Å². The van der Waals surface area contributed by atoms with E-state index >= 15 is 0 Å². The molecule has 5 aliphatic rings. The molecule has 0 amide bonds. The molecule has 1 spiro atoms. The predicted octanol–water partition coefficient (Wildman–Crippen LogP) is 6.75. The van der Waals surface area contributed by atoms with E-state index in [1.807, 2.05) is 22.0 Å². The van der Waals surface area contributed by atoms with Gasteiger partial charge in [-0.25, -0.2) is 0 Å². The maximum absolute atomic E-state index is 9.13. The summed E-state index contributed by atoms with van der Waals surface area (Å²) in [5, 5.41) is 13.6. The molecule has 5 aliphatic carbocycles. The summed E-state index contributed by atoms with van der Waals surface area (Å²) in [6, 6.07) is 2.22. The van der Waals surface area contributed by atoms with Crippen LogP contribution in [0.25, 0.3) is 0 Å². The molecule has 1 heterocycles. The lowest BCUT2D eigenvalue weighted by Crippen LogP contribution is -2.68. The van der Waals surface area contributed by atoms with Crippen LogP contribution >= 0.6 is 0 Å². The summed E-state index contributed by atoms with van der Waals surface area (Å²) in [4.78, 5) is 0. The predicted molar refractivity (Wildman–Crippen MR) is 123 cm³/mol. The van der Waals surface area contributed by atoms with Gasteiger partial charge in [-0.1, -0.05) is 38.8 Å². The van der Waals surface area contributed by atoms with Gasteiger partial charge in [0.1, 0.15) is 6.07 Å². The molecule has 3 nitrogen and oxygen atoms in total. The average Bonchev–Trinajstić information content (AvgIpc) is 3.29. The van der Waals surface area contributed by atoms with Crippen LogP contribution in [0, 0.1) is 57.2 Å². The molecule has 0 aliphatic heterocycles. The second kappa shape index (κ2) is 6.49. The summed E-state index contributed by atoms with van der Waals surface area (Å²) in [5.74, 6) is 4.20. The summed E-state index contributed by atoms with van der Waals surface area (Å²) < 4.78 is 2.01. The Morgan fingerprint density at radius 1 is 1.13 bits per heavy atom. The molecule has 4 saturated carbocycles. The molecule has 31 heavy (non-hydrogen) atoms. The number of hydrogen-bond acceptors (Lipinski definition) is 2. The van der Waals surface area contributed by atoms with Gasteiger partial charge in [-0.2, -0.15) is 10.4 Å². The molecule has 6 rings (SSSR count). The van der Waals surface area contributed by atoms with Crippen LogP contribution in [0.1, 0.15) is 91.0 Å². The highest BCUT2D eigenvalue weighted by Crippen LogP contribution is 2.83. The molecule has 4 fully saturated rings. The Morgan fingerprint density at radius 3 is 2.74 bits per heavy atom. The molecule has 0 bridgehead atoms. The lowest BCUT2D eigenvalue weighted by Gasteiger charge is -2.76. The van der Waals surface area contributed by atoms with Crippen LogP contribution in [0.4, 0.5) is 0 Å². The number of nitrogens with zero attached hydrogens (tertiary/aromatic N) is 3. The second-order valence-corrected chi connectivity index (χ2v) is 12.6. The van der Waals surface area contributed by atoms with Crippen molar-refractivity contribution in [2.75, 3.05) is 0 Å². The normalized spacial score (nSPS) is 46.4. The first-order valence-electron chi connectivity index (χ1n) is 13.0. The molecule has 1 aromatic heterocycles. The maximum atomic E-state index is 9.13. The van der Waals surface area contributed by atoms with Crippen molar-refractivity contribution in [1.29, 1.82) is 5.26 Å². The van der Waals surface area contributed by atoms with E-state index < -0.39 is 0 Å². The number of aromatic nitrogens is 2. The lowest BCUT2D eigenvalue weighted by molar-refractivity contribution is -0.160. The summed E-state index contributed by atoms with van der Waals surface area (Å²) in [6.45, 7) is 11.2. The fourth-order valence-electron chi connectivity index (χ4n) is 9.98. The van der Waals surface area contributed by atoms with Gasteiger partial charge in [0, 0.05) is 18.2 Å². The molecule has 0 unspecified atom stereocenters. The first kappa shape index (κ1) is 20.1. The molecule has 0 N–H and O–H groups in total. The molecule has 8 atom stereocenters. The van der Waals surface area contributed by atoms with E-state index in [1.165, 1.54) is 57.8 Å². The quantitative estimate of drug-likeness (QED) is 0.510.